The lowest BCUT2D eigenvalue weighted by Gasteiger charge is -2.62. The van der Waals surface area contributed by atoms with Gasteiger partial charge in [0.25, 0.3) is 5.91 Å². The number of hydrogen-bond acceptors (Lipinski definition) is 8. The molecule has 2 heterocycles. The molecule has 2 aromatic carbocycles. The van der Waals surface area contributed by atoms with Gasteiger partial charge in [0.05, 0.1) is 26.4 Å². The van der Waals surface area contributed by atoms with Gasteiger partial charge in [-0.25, -0.2) is 0 Å². The normalized spacial score (nSPS) is 31.6. The van der Waals surface area contributed by atoms with Gasteiger partial charge in [0.1, 0.15) is 17.9 Å². The van der Waals surface area contributed by atoms with E-state index in [2.05, 4.69) is 43.2 Å². The predicted octanol–water partition coefficient (Wildman–Crippen LogP) is 4.24. The second-order valence-electron chi connectivity index (χ2n) is 15.4. The zero-order valence-electron chi connectivity index (χ0n) is 30.0. The topological polar surface area (TPSA) is 124 Å². The van der Waals surface area contributed by atoms with Crippen molar-refractivity contribution in [3.05, 3.63) is 53.6 Å². The van der Waals surface area contributed by atoms with Crippen LogP contribution < -0.4 is 15.4 Å². The van der Waals surface area contributed by atoms with Crippen LogP contribution in [-0.4, -0.2) is 95.7 Å². The van der Waals surface area contributed by atoms with Crippen LogP contribution in [0.1, 0.15) is 76.2 Å². The molecule has 10 nitrogen and oxygen atoms in total. The Labute approximate surface area is 291 Å². The molecule has 10 heteroatoms. The van der Waals surface area contributed by atoms with Crippen molar-refractivity contribution in [3.63, 3.8) is 0 Å². The van der Waals surface area contributed by atoms with Crippen molar-refractivity contribution < 1.29 is 29.4 Å². The highest BCUT2D eigenvalue weighted by molar-refractivity contribution is 5.95. The number of fused-ring (bicyclic) bond motifs is 2. The summed E-state index contributed by atoms with van der Waals surface area (Å²) in [5.41, 5.74) is 3.30. The highest BCUT2D eigenvalue weighted by Gasteiger charge is 2.57. The molecule has 0 aromatic heterocycles. The molecule has 2 aliphatic heterocycles. The number of para-hydroxylation sites is 1. The molecule has 2 amide bonds. The molecule has 9 atom stereocenters. The van der Waals surface area contributed by atoms with Crippen LogP contribution in [-0.2, 0) is 16.2 Å². The van der Waals surface area contributed by atoms with Gasteiger partial charge >= 0.3 is 0 Å². The SMILES string of the molecule is CCN1CCC[C@H]1CNC(=O)c1cccc(-c2cccc(CN3O[C@@H](CO)[C@H]([C@H](C)O)[C@H]3C(=O)N[C@H]3C[C@H]4C[C@@H]([C@@H]3C)C4(C)C)c2OC)c1. The van der Waals surface area contributed by atoms with Crippen molar-refractivity contribution >= 4 is 11.8 Å². The molecular weight excluding hydrogens is 620 g/mol. The predicted molar refractivity (Wildman–Crippen MR) is 189 cm³/mol. The highest BCUT2D eigenvalue weighted by atomic mass is 16.7. The van der Waals surface area contributed by atoms with Crippen molar-refractivity contribution in [3.8, 4) is 16.9 Å². The van der Waals surface area contributed by atoms with Crippen molar-refractivity contribution in [1.29, 1.82) is 0 Å². The maximum Gasteiger partial charge on any atom is 0.251 e. The summed E-state index contributed by atoms with van der Waals surface area (Å²) in [5, 5.41) is 29.2. The summed E-state index contributed by atoms with van der Waals surface area (Å²) in [6.45, 7) is 13.3. The maximum absolute atomic E-state index is 14.1. The molecule has 5 fully saturated rings. The third kappa shape index (κ3) is 6.87. The van der Waals surface area contributed by atoms with Gasteiger partial charge in [-0.3, -0.25) is 19.3 Å². The lowest BCUT2D eigenvalue weighted by Crippen LogP contribution is -2.62. The van der Waals surface area contributed by atoms with E-state index in [1.54, 1.807) is 19.1 Å². The van der Waals surface area contributed by atoms with Crippen molar-refractivity contribution in [2.24, 2.45) is 29.1 Å². The van der Waals surface area contributed by atoms with Crippen LogP contribution >= 0.6 is 0 Å². The lowest BCUT2D eigenvalue weighted by atomic mass is 9.45. The molecular formula is C39H56N4O6. The van der Waals surface area contributed by atoms with E-state index in [9.17, 15) is 19.8 Å². The second-order valence-corrected chi connectivity index (χ2v) is 15.4. The minimum atomic E-state index is -0.880. The summed E-state index contributed by atoms with van der Waals surface area (Å²) in [6, 6.07) is 13.0. The molecule has 268 valence electrons. The Morgan fingerprint density at radius 1 is 1.16 bits per heavy atom. The number of carbonyl (C=O) groups is 2. The van der Waals surface area contributed by atoms with E-state index in [0.717, 1.165) is 49.0 Å². The van der Waals surface area contributed by atoms with Gasteiger partial charge in [-0.15, -0.1) is 0 Å². The Bertz CT molecular complexity index is 1500. The van der Waals surface area contributed by atoms with E-state index in [1.165, 1.54) is 6.42 Å². The van der Waals surface area contributed by atoms with E-state index in [1.807, 2.05) is 42.5 Å². The second kappa shape index (κ2) is 14.7. The van der Waals surface area contributed by atoms with Gasteiger partial charge < -0.3 is 25.6 Å². The minimum absolute atomic E-state index is 0.0556. The third-order valence-electron chi connectivity index (χ3n) is 12.5. The Kier molecular flexibility index (Phi) is 10.7. The molecule has 2 aromatic rings. The number of amides is 2. The minimum Gasteiger partial charge on any atom is -0.496 e. The average molecular weight is 677 g/mol. The number of likely N-dealkylation sites (tertiary alicyclic amines) is 1. The number of carbonyl (C=O) groups excluding carboxylic acids is 2. The van der Waals surface area contributed by atoms with E-state index in [0.29, 0.717) is 47.1 Å². The number of ether oxygens (including phenoxy) is 1. The number of hydroxylamine groups is 2. The Morgan fingerprint density at radius 3 is 2.61 bits per heavy atom. The number of methoxy groups -OCH3 is 1. The number of benzene rings is 2. The van der Waals surface area contributed by atoms with E-state index < -0.39 is 24.2 Å². The molecule has 0 spiro atoms. The molecule has 3 aliphatic carbocycles. The van der Waals surface area contributed by atoms with Crippen LogP contribution in [0.4, 0.5) is 0 Å². The van der Waals surface area contributed by atoms with Gasteiger partial charge in [0, 0.05) is 41.2 Å². The molecule has 4 N–H and O–H groups in total. The standard InChI is InChI=1S/C39H56N4O6/c1-7-42-16-10-14-29(42)20-40-37(46)26-12-8-11-25(17-26)30-15-9-13-27(36(30)48-6)21-43-35(34(24(3)45)33(22-44)49-43)38(47)41-32-19-28-18-31(23(32)2)39(28,4)5/h8-9,11-13,15,17,23-24,28-29,31-35,44-45H,7,10,14,16,18-22H2,1-6H3,(H,40,46)(H,41,47)/t23-,24-,28+,29-,31-,32-,33-,34-,35-/m0/s1. The fourth-order valence-corrected chi connectivity index (χ4v) is 9.51. The largest absolute Gasteiger partial charge is 0.496 e. The number of nitrogens with zero attached hydrogens (tertiary/aromatic N) is 2. The summed E-state index contributed by atoms with van der Waals surface area (Å²) >= 11 is 0. The first-order chi connectivity index (χ1) is 23.5. The number of rotatable bonds is 12. The molecule has 3 saturated carbocycles. The monoisotopic (exact) mass is 676 g/mol. The molecule has 7 rings (SSSR count). The van der Waals surface area contributed by atoms with Crippen LogP contribution in [0.25, 0.3) is 11.1 Å². The highest BCUT2D eigenvalue weighted by Crippen LogP contribution is 2.61. The fraction of sp³-hybridized carbons (Fsp3) is 0.641. The maximum atomic E-state index is 14.1. The summed E-state index contributed by atoms with van der Waals surface area (Å²) in [5.74, 6) is 1.20. The Hall–Kier alpha value is -3.02. The zero-order valence-corrected chi connectivity index (χ0v) is 30.0. The van der Waals surface area contributed by atoms with Gasteiger partial charge in [-0.1, -0.05) is 58.0 Å². The first-order valence-corrected chi connectivity index (χ1v) is 18.3. The zero-order chi connectivity index (χ0) is 35.0. The number of aliphatic hydroxyl groups excluding tert-OH is 2. The van der Waals surface area contributed by atoms with Gasteiger partial charge in [0.15, 0.2) is 0 Å². The first kappa shape index (κ1) is 35.8. The lowest BCUT2D eigenvalue weighted by molar-refractivity contribution is -0.183. The van der Waals surface area contributed by atoms with Crippen LogP contribution in [0.15, 0.2) is 42.5 Å². The van der Waals surface area contributed by atoms with E-state index in [-0.39, 0.29) is 31.0 Å². The molecule has 0 unspecified atom stereocenters. The molecule has 49 heavy (non-hydrogen) atoms. The summed E-state index contributed by atoms with van der Waals surface area (Å²) in [7, 11) is 1.61. The van der Waals surface area contributed by atoms with Crippen molar-refractivity contribution in [2.45, 2.75) is 97.2 Å². The van der Waals surface area contributed by atoms with Gasteiger partial charge in [0.2, 0.25) is 5.91 Å². The van der Waals surface area contributed by atoms with Crippen LogP contribution in [0.3, 0.4) is 0 Å². The van der Waals surface area contributed by atoms with Crippen molar-refractivity contribution in [1.82, 2.24) is 20.6 Å². The molecule has 2 bridgehead atoms. The van der Waals surface area contributed by atoms with E-state index >= 15 is 0 Å². The van der Waals surface area contributed by atoms with Gasteiger partial charge in [-0.05, 0) is 86.6 Å². The number of nitrogens with one attached hydrogen (secondary N) is 2. The third-order valence-corrected chi connectivity index (χ3v) is 12.5. The Balaban J connectivity index is 1.21. The van der Waals surface area contributed by atoms with Crippen LogP contribution in [0, 0.1) is 29.1 Å². The molecule has 0 radical (unpaired) electrons. The summed E-state index contributed by atoms with van der Waals surface area (Å²) < 4.78 is 5.99. The van der Waals surface area contributed by atoms with Gasteiger partial charge in [-0.2, -0.15) is 5.06 Å². The number of hydrogen-bond donors (Lipinski definition) is 4. The molecule has 5 aliphatic rings. The van der Waals surface area contributed by atoms with Crippen molar-refractivity contribution in [2.75, 3.05) is 33.4 Å². The number of likely N-dealkylation sites (N-methyl/N-ethyl adjacent to an activating group) is 1. The van der Waals surface area contributed by atoms with E-state index in [4.69, 9.17) is 9.57 Å². The van der Waals surface area contributed by atoms with Crippen LogP contribution in [0.5, 0.6) is 5.75 Å². The summed E-state index contributed by atoms with van der Waals surface area (Å²) in [6.07, 6.45) is 2.80. The Morgan fingerprint density at radius 2 is 1.94 bits per heavy atom. The smallest absolute Gasteiger partial charge is 0.251 e. The quantitative estimate of drug-likeness (QED) is 0.264. The fourth-order valence-electron chi connectivity index (χ4n) is 9.51. The average Bonchev–Trinajstić information content (AvgIpc) is 3.71. The molecule has 2 saturated heterocycles. The number of aliphatic hydroxyl groups is 2. The van der Waals surface area contributed by atoms with Crippen LogP contribution in [0.2, 0.25) is 0 Å². The summed E-state index contributed by atoms with van der Waals surface area (Å²) in [4.78, 5) is 36.0. The first-order valence-electron chi connectivity index (χ1n) is 18.3.